The van der Waals surface area contributed by atoms with Gasteiger partial charge in [0.1, 0.15) is 17.1 Å². The lowest BCUT2D eigenvalue weighted by Crippen LogP contribution is -2.43. The van der Waals surface area contributed by atoms with Crippen LogP contribution in [0.3, 0.4) is 0 Å². The number of amides is 2. The Kier molecular flexibility index (Phi) is 7.11. The number of hydroxylamine groups is 2. The molecule has 0 unspecified atom stereocenters. The highest BCUT2D eigenvalue weighted by molar-refractivity contribution is 5.73. The number of carbonyl (C=O) groups is 1. The summed E-state index contributed by atoms with van der Waals surface area (Å²) in [4.78, 5) is 13.5. The van der Waals surface area contributed by atoms with Gasteiger partial charge in [0.05, 0.1) is 31.3 Å². The highest BCUT2D eigenvalue weighted by Crippen LogP contribution is 2.45. The Labute approximate surface area is 206 Å². The Morgan fingerprint density at radius 1 is 1.00 bits per heavy atom. The average molecular weight is 505 g/mol. The van der Waals surface area contributed by atoms with Crippen LogP contribution in [0.25, 0.3) is 16.9 Å². The fraction of sp³-hybridized carbons (Fsp3) is 0.360. The molecule has 4 rings (SSSR count). The minimum Gasteiger partial charge on any atom is -0.497 e. The molecule has 2 aromatic carbocycles. The number of rotatable bonds is 5. The van der Waals surface area contributed by atoms with E-state index in [1.807, 2.05) is 0 Å². The van der Waals surface area contributed by atoms with Crippen LogP contribution in [0.15, 0.2) is 48.5 Å². The molecule has 0 radical (unpaired) electrons. The number of benzene rings is 2. The van der Waals surface area contributed by atoms with Gasteiger partial charge in [-0.1, -0.05) is 0 Å². The molecule has 1 aromatic heterocycles. The number of carbonyl (C=O) groups excluding carboxylic acids is 1. The van der Waals surface area contributed by atoms with Gasteiger partial charge in [0, 0.05) is 31.6 Å². The van der Waals surface area contributed by atoms with Crippen LogP contribution in [-0.4, -0.2) is 65.3 Å². The summed E-state index contributed by atoms with van der Waals surface area (Å²) in [6, 6.07) is 12.4. The zero-order valence-electron chi connectivity index (χ0n) is 20.1. The van der Waals surface area contributed by atoms with E-state index in [4.69, 9.17) is 9.47 Å². The summed E-state index contributed by atoms with van der Waals surface area (Å²) in [5.41, 5.74) is -0.139. The zero-order chi connectivity index (χ0) is 26.0. The first-order valence-electron chi connectivity index (χ1n) is 11.3. The van der Waals surface area contributed by atoms with Gasteiger partial charge in [-0.3, -0.25) is 5.21 Å². The molecule has 2 amide bonds. The number of urea groups is 1. The minimum absolute atomic E-state index is 0.0615. The van der Waals surface area contributed by atoms with Crippen LogP contribution < -0.4 is 9.47 Å². The first-order valence-corrected chi connectivity index (χ1v) is 11.3. The van der Waals surface area contributed by atoms with E-state index in [-0.39, 0.29) is 37.3 Å². The van der Waals surface area contributed by atoms with Crippen LogP contribution in [0.5, 0.6) is 11.5 Å². The third-order valence-electron chi connectivity index (χ3n) is 6.31. The van der Waals surface area contributed by atoms with E-state index >= 15 is 0 Å². The van der Waals surface area contributed by atoms with Crippen molar-refractivity contribution >= 4 is 6.03 Å². The Morgan fingerprint density at radius 2 is 1.53 bits per heavy atom. The number of nitrogens with zero attached hydrogens (tertiary/aromatic N) is 4. The zero-order valence-corrected chi connectivity index (χ0v) is 20.1. The number of alkyl halides is 3. The van der Waals surface area contributed by atoms with Crippen molar-refractivity contribution in [2.75, 3.05) is 34.4 Å². The van der Waals surface area contributed by atoms with E-state index < -0.39 is 23.7 Å². The second kappa shape index (κ2) is 10.1. The number of piperidine rings is 1. The molecule has 2 heterocycles. The van der Waals surface area contributed by atoms with E-state index in [1.54, 1.807) is 48.5 Å². The van der Waals surface area contributed by atoms with E-state index in [0.717, 1.165) is 0 Å². The van der Waals surface area contributed by atoms with Crippen LogP contribution in [0.1, 0.15) is 30.0 Å². The van der Waals surface area contributed by atoms with Gasteiger partial charge in [-0.2, -0.15) is 18.3 Å². The van der Waals surface area contributed by atoms with Crippen molar-refractivity contribution in [1.29, 1.82) is 0 Å². The van der Waals surface area contributed by atoms with Gasteiger partial charge in [0.25, 0.3) is 0 Å². The highest BCUT2D eigenvalue weighted by atomic mass is 19.4. The molecule has 0 bridgehead atoms. The van der Waals surface area contributed by atoms with Gasteiger partial charge < -0.3 is 14.4 Å². The summed E-state index contributed by atoms with van der Waals surface area (Å²) in [5, 5.41) is 14.4. The molecule has 8 nitrogen and oxygen atoms in total. The van der Waals surface area contributed by atoms with E-state index in [2.05, 4.69) is 5.10 Å². The second-order valence-electron chi connectivity index (χ2n) is 8.51. The fourth-order valence-corrected chi connectivity index (χ4v) is 4.47. The van der Waals surface area contributed by atoms with Gasteiger partial charge in [-0.15, -0.1) is 0 Å². The van der Waals surface area contributed by atoms with Crippen molar-refractivity contribution in [3.8, 4) is 28.4 Å². The fourth-order valence-electron chi connectivity index (χ4n) is 4.47. The summed E-state index contributed by atoms with van der Waals surface area (Å²) < 4.78 is 55.6. The van der Waals surface area contributed by atoms with Crippen LogP contribution >= 0.6 is 0 Å². The van der Waals surface area contributed by atoms with Gasteiger partial charge >= 0.3 is 12.2 Å². The Bertz CT molecular complexity index is 1200. The summed E-state index contributed by atoms with van der Waals surface area (Å²) >= 11 is 0. The molecule has 1 saturated heterocycles. The number of likely N-dealkylation sites (tertiary alicyclic amines) is 1. The molecule has 11 heteroatoms. The third kappa shape index (κ3) is 4.97. The third-order valence-corrected chi connectivity index (χ3v) is 6.31. The Morgan fingerprint density at radius 3 is 2.00 bits per heavy atom. The van der Waals surface area contributed by atoms with Crippen molar-refractivity contribution in [1.82, 2.24) is 19.7 Å². The molecule has 3 aromatic rings. The molecule has 1 aliphatic heterocycles. The van der Waals surface area contributed by atoms with E-state index in [0.29, 0.717) is 27.8 Å². The first-order chi connectivity index (χ1) is 17.1. The highest BCUT2D eigenvalue weighted by Gasteiger charge is 2.43. The minimum atomic E-state index is -4.67. The lowest BCUT2D eigenvalue weighted by molar-refractivity contribution is -0.138. The van der Waals surface area contributed by atoms with Crippen LogP contribution in [0.2, 0.25) is 0 Å². The number of methoxy groups -OCH3 is 2. The molecular formula is C25H27F3N4O4. The molecule has 36 heavy (non-hydrogen) atoms. The number of hydrogen-bond acceptors (Lipinski definition) is 5. The lowest BCUT2D eigenvalue weighted by Gasteiger charge is -2.32. The van der Waals surface area contributed by atoms with Crippen molar-refractivity contribution in [2.24, 2.45) is 0 Å². The van der Waals surface area contributed by atoms with Crippen LogP contribution in [0, 0.1) is 0 Å². The van der Waals surface area contributed by atoms with Crippen LogP contribution in [0.4, 0.5) is 18.0 Å². The number of halogens is 3. The summed E-state index contributed by atoms with van der Waals surface area (Å²) in [6.07, 6.45) is -4.11. The second-order valence-corrected chi connectivity index (χ2v) is 8.51. The number of hydrogen-bond donors (Lipinski definition) is 1. The molecule has 0 saturated carbocycles. The van der Waals surface area contributed by atoms with E-state index in [1.165, 1.54) is 30.8 Å². The maximum atomic E-state index is 14.7. The van der Waals surface area contributed by atoms with Gasteiger partial charge in [0.15, 0.2) is 0 Å². The smallest absolute Gasteiger partial charge is 0.420 e. The molecule has 0 atom stereocenters. The predicted octanol–water partition coefficient (Wildman–Crippen LogP) is 5.20. The van der Waals surface area contributed by atoms with Gasteiger partial charge in [-0.05, 0) is 61.4 Å². The molecule has 0 spiro atoms. The SMILES string of the molecule is COc1ccc(-c2c(C(F)(F)F)c(C3CCN(C(=O)N(C)O)CC3)nn2-c2ccc(OC)cc2)cc1. The molecular weight excluding hydrogens is 477 g/mol. The number of aromatic nitrogens is 2. The molecule has 0 aliphatic carbocycles. The Balaban J connectivity index is 1.84. The Hall–Kier alpha value is -3.73. The maximum absolute atomic E-state index is 14.7. The van der Waals surface area contributed by atoms with Crippen molar-refractivity contribution in [3.63, 3.8) is 0 Å². The summed E-state index contributed by atoms with van der Waals surface area (Å²) in [6.45, 7) is 0.415. The van der Waals surface area contributed by atoms with Crippen LogP contribution in [-0.2, 0) is 6.18 Å². The first kappa shape index (κ1) is 25.4. The quantitative estimate of drug-likeness (QED) is 0.382. The van der Waals surface area contributed by atoms with Gasteiger partial charge in [0.2, 0.25) is 0 Å². The lowest BCUT2D eigenvalue weighted by atomic mass is 9.89. The van der Waals surface area contributed by atoms with Crippen molar-refractivity contribution in [2.45, 2.75) is 24.9 Å². The maximum Gasteiger partial charge on any atom is 0.420 e. The monoisotopic (exact) mass is 504 g/mol. The predicted molar refractivity (Wildman–Crippen MR) is 126 cm³/mol. The molecule has 1 fully saturated rings. The number of ether oxygens (including phenoxy) is 2. The molecule has 192 valence electrons. The summed E-state index contributed by atoms with van der Waals surface area (Å²) in [5.74, 6) is 0.569. The summed E-state index contributed by atoms with van der Waals surface area (Å²) in [7, 11) is 4.21. The van der Waals surface area contributed by atoms with E-state index in [9.17, 15) is 23.2 Å². The van der Waals surface area contributed by atoms with Crippen molar-refractivity contribution < 1.29 is 32.6 Å². The molecule has 1 N–H and O–H groups in total. The van der Waals surface area contributed by atoms with Crippen molar-refractivity contribution in [3.05, 3.63) is 59.8 Å². The largest absolute Gasteiger partial charge is 0.497 e. The average Bonchev–Trinajstić information content (AvgIpc) is 3.30. The normalized spacial score (nSPS) is 14.6. The topological polar surface area (TPSA) is 80.1 Å². The van der Waals surface area contributed by atoms with Gasteiger partial charge in [-0.25, -0.2) is 14.5 Å². The molecule has 1 aliphatic rings. The standard InChI is InChI=1S/C25H27F3N4O4/c1-30(34)24(33)31-14-12-16(13-15-31)22-21(25(26,27)28)23(17-4-8-19(35-2)9-5-17)32(29-22)18-6-10-20(36-3)11-7-18/h4-11,16,34H,12-15H2,1-3H3.